The van der Waals surface area contributed by atoms with Crippen LogP contribution in [-0.4, -0.2) is 17.0 Å². The number of rotatable bonds is 5. The van der Waals surface area contributed by atoms with Crippen molar-refractivity contribution in [2.24, 2.45) is 5.10 Å². The zero-order valence-electron chi connectivity index (χ0n) is 13.8. The molecule has 3 rings (SSSR count). The summed E-state index contributed by atoms with van der Waals surface area (Å²) < 4.78 is 0. The van der Waals surface area contributed by atoms with E-state index in [2.05, 4.69) is 16.6 Å². The summed E-state index contributed by atoms with van der Waals surface area (Å²) in [6.07, 6.45) is 6.00. The summed E-state index contributed by atoms with van der Waals surface area (Å²) in [4.78, 5) is 22.6. The molecule has 0 radical (unpaired) electrons. The molecule has 0 bridgehead atoms. The number of para-hydroxylation sites is 1. The monoisotopic (exact) mass is 337 g/mol. The van der Waals surface area contributed by atoms with Gasteiger partial charge in [0.15, 0.2) is 0 Å². The van der Waals surface area contributed by atoms with Gasteiger partial charge in [-0.25, -0.2) is 5.43 Å². The quantitative estimate of drug-likeness (QED) is 0.517. The highest BCUT2D eigenvalue weighted by Crippen LogP contribution is 2.24. The molecule has 1 aliphatic carbocycles. The molecule has 1 amide bonds. The second kappa shape index (κ2) is 7.70. The van der Waals surface area contributed by atoms with E-state index >= 15 is 0 Å². The minimum absolute atomic E-state index is 0.0439. The minimum atomic E-state index is -0.473. The number of carbonyl (C=O) groups is 1. The summed E-state index contributed by atoms with van der Waals surface area (Å²) in [5, 5.41) is 14.8. The van der Waals surface area contributed by atoms with Crippen LogP contribution in [0.25, 0.3) is 0 Å². The van der Waals surface area contributed by atoms with Gasteiger partial charge in [0, 0.05) is 6.07 Å². The smallest absolute Gasteiger partial charge is 0.273 e. The van der Waals surface area contributed by atoms with Gasteiger partial charge in [-0.3, -0.25) is 14.9 Å². The number of fused-ring (bicyclic) bond motifs is 1. The molecule has 1 N–H and O–H groups in total. The van der Waals surface area contributed by atoms with Gasteiger partial charge in [0.1, 0.15) is 0 Å². The Hall–Kier alpha value is -3.02. The topological polar surface area (TPSA) is 84.6 Å². The van der Waals surface area contributed by atoms with Crippen LogP contribution in [0.3, 0.4) is 0 Å². The first-order valence-electron chi connectivity index (χ1n) is 8.30. The van der Waals surface area contributed by atoms with Crippen LogP contribution in [0.2, 0.25) is 0 Å². The summed E-state index contributed by atoms with van der Waals surface area (Å²) >= 11 is 0. The predicted octanol–water partition coefficient (Wildman–Crippen LogP) is 3.17. The number of hydrogen-bond donors (Lipinski definition) is 1. The number of nitrogens with one attached hydrogen (secondary N) is 1. The fourth-order valence-corrected chi connectivity index (χ4v) is 3.18. The van der Waals surface area contributed by atoms with Gasteiger partial charge in [-0.2, -0.15) is 5.10 Å². The van der Waals surface area contributed by atoms with E-state index in [4.69, 9.17) is 0 Å². The van der Waals surface area contributed by atoms with E-state index in [1.54, 1.807) is 18.2 Å². The molecule has 0 aliphatic heterocycles. The Morgan fingerprint density at radius 2 is 1.96 bits per heavy atom. The second-order valence-electron chi connectivity index (χ2n) is 6.05. The highest BCUT2D eigenvalue weighted by Gasteiger charge is 2.15. The Bertz CT molecular complexity index is 830. The molecule has 1 aliphatic rings. The molecule has 0 aromatic heterocycles. The van der Waals surface area contributed by atoms with E-state index in [1.165, 1.54) is 29.8 Å². The molecule has 2 aromatic carbocycles. The molecule has 0 saturated carbocycles. The average Bonchev–Trinajstić information content (AvgIpc) is 2.62. The summed E-state index contributed by atoms with van der Waals surface area (Å²) in [6.45, 7) is 0. The van der Waals surface area contributed by atoms with Crippen molar-refractivity contribution in [1.82, 2.24) is 5.43 Å². The van der Waals surface area contributed by atoms with Crippen molar-refractivity contribution in [3.05, 3.63) is 74.8 Å². The molecule has 0 spiro atoms. The number of hydrazone groups is 1. The first-order chi connectivity index (χ1) is 12.1. The first kappa shape index (κ1) is 16.8. The molecule has 25 heavy (non-hydrogen) atoms. The molecule has 6 nitrogen and oxygen atoms in total. The number of nitro groups is 1. The molecule has 0 fully saturated rings. The highest BCUT2D eigenvalue weighted by atomic mass is 16.6. The van der Waals surface area contributed by atoms with Crippen molar-refractivity contribution in [3.8, 4) is 0 Å². The molecule has 128 valence electrons. The lowest BCUT2D eigenvalue weighted by Crippen LogP contribution is -2.21. The normalized spacial score (nSPS) is 13.4. The van der Waals surface area contributed by atoms with Gasteiger partial charge in [-0.1, -0.05) is 30.3 Å². The van der Waals surface area contributed by atoms with Crippen molar-refractivity contribution in [2.75, 3.05) is 0 Å². The maximum absolute atomic E-state index is 12.1. The molecule has 6 heteroatoms. The van der Waals surface area contributed by atoms with Crippen LogP contribution < -0.4 is 5.43 Å². The van der Waals surface area contributed by atoms with Crippen LogP contribution in [0.1, 0.15) is 35.1 Å². The Labute approximate surface area is 145 Å². The third-order valence-electron chi connectivity index (χ3n) is 4.37. The number of aryl methyl sites for hydroxylation is 1. The molecule has 0 unspecified atom stereocenters. The Morgan fingerprint density at radius 3 is 2.80 bits per heavy atom. The van der Waals surface area contributed by atoms with Crippen molar-refractivity contribution in [3.63, 3.8) is 0 Å². The van der Waals surface area contributed by atoms with E-state index in [-0.39, 0.29) is 18.0 Å². The third kappa shape index (κ3) is 4.09. The van der Waals surface area contributed by atoms with Crippen LogP contribution in [0.5, 0.6) is 0 Å². The standard InChI is InChI=1S/C19H19N3O3/c23-19(12-15-9-5-8-14-6-1-3-10-17(14)15)21-20-13-16-7-2-4-11-18(16)22(24)25/h2,4-5,7-9,11,13H,1,3,6,10,12H2,(H,21,23)/b20-13-. The Morgan fingerprint density at radius 1 is 1.16 bits per heavy atom. The zero-order valence-corrected chi connectivity index (χ0v) is 13.8. The maximum atomic E-state index is 12.1. The number of benzene rings is 2. The first-order valence-corrected chi connectivity index (χ1v) is 8.30. The Kier molecular flexibility index (Phi) is 5.18. The number of carbonyl (C=O) groups excluding carboxylic acids is 1. The maximum Gasteiger partial charge on any atom is 0.278 e. The van der Waals surface area contributed by atoms with Gasteiger partial charge in [0.25, 0.3) is 5.69 Å². The van der Waals surface area contributed by atoms with Gasteiger partial charge in [-0.05, 0) is 48.4 Å². The van der Waals surface area contributed by atoms with E-state index < -0.39 is 4.92 Å². The number of nitrogens with zero attached hydrogens (tertiary/aromatic N) is 2. The van der Waals surface area contributed by atoms with Crippen LogP contribution in [-0.2, 0) is 24.1 Å². The average molecular weight is 337 g/mol. The molecule has 0 saturated heterocycles. The fourth-order valence-electron chi connectivity index (χ4n) is 3.18. The predicted molar refractivity (Wildman–Crippen MR) is 95.6 cm³/mol. The van der Waals surface area contributed by atoms with E-state index in [9.17, 15) is 14.9 Å². The van der Waals surface area contributed by atoms with Crippen molar-refractivity contribution < 1.29 is 9.72 Å². The van der Waals surface area contributed by atoms with Gasteiger partial charge in [0.05, 0.1) is 23.1 Å². The summed E-state index contributed by atoms with van der Waals surface area (Å²) in [6, 6.07) is 12.4. The number of hydrogen-bond acceptors (Lipinski definition) is 4. The van der Waals surface area contributed by atoms with Gasteiger partial charge < -0.3 is 0 Å². The lowest BCUT2D eigenvalue weighted by atomic mass is 9.87. The van der Waals surface area contributed by atoms with Gasteiger partial charge >= 0.3 is 0 Å². The lowest BCUT2D eigenvalue weighted by molar-refractivity contribution is -0.385. The van der Waals surface area contributed by atoms with E-state index in [0.29, 0.717) is 5.56 Å². The largest absolute Gasteiger partial charge is 0.278 e. The molecular formula is C19H19N3O3. The van der Waals surface area contributed by atoms with Crippen molar-refractivity contribution >= 4 is 17.8 Å². The number of amides is 1. The number of nitro benzene ring substituents is 1. The molecular weight excluding hydrogens is 318 g/mol. The van der Waals surface area contributed by atoms with Crippen LogP contribution in [0.4, 0.5) is 5.69 Å². The lowest BCUT2D eigenvalue weighted by Gasteiger charge is -2.18. The van der Waals surface area contributed by atoms with Crippen LogP contribution in [0, 0.1) is 10.1 Å². The summed E-state index contributed by atoms with van der Waals surface area (Å²) in [7, 11) is 0. The van der Waals surface area contributed by atoms with E-state index in [0.717, 1.165) is 24.8 Å². The molecule has 0 atom stereocenters. The minimum Gasteiger partial charge on any atom is -0.273 e. The van der Waals surface area contributed by atoms with Crippen molar-refractivity contribution in [1.29, 1.82) is 0 Å². The van der Waals surface area contributed by atoms with Crippen LogP contribution >= 0.6 is 0 Å². The van der Waals surface area contributed by atoms with Crippen molar-refractivity contribution in [2.45, 2.75) is 32.1 Å². The summed E-state index contributed by atoms with van der Waals surface area (Å²) in [5.41, 5.74) is 6.42. The third-order valence-corrected chi connectivity index (χ3v) is 4.37. The zero-order chi connectivity index (χ0) is 17.6. The van der Waals surface area contributed by atoms with Crippen LogP contribution in [0.15, 0.2) is 47.6 Å². The SMILES string of the molecule is O=C(Cc1cccc2c1CCCC2)N/N=C\c1ccccc1[N+](=O)[O-]. The van der Waals surface area contributed by atoms with Gasteiger partial charge in [0.2, 0.25) is 5.91 Å². The Balaban J connectivity index is 1.65. The molecule has 0 heterocycles. The fraction of sp³-hybridized carbons (Fsp3) is 0.263. The van der Waals surface area contributed by atoms with E-state index in [1.807, 2.05) is 12.1 Å². The second-order valence-corrected chi connectivity index (χ2v) is 6.05. The molecule has 2 aromatic rings. The summed E-state index contributed by atoms with van der Waals surface area (Å²) in [5.74, 6) is -0.228. The van der Waals surface area contributed by atoms with Gasteiger partial charge in [-0.15, -0.1) is 0 Å². The highest BCUT2D eigenvalue weighted by molar-refractivity contribution is 5.87.